The molecular formula is C13H17N3O4. The number of amides is 3. The fraction of sp³-hybridized carbons (Fsp3) is 0.308. The molecule has 108 valence electrons. The van der Waals surface area contributed by atoms with Gasteiger partial charge in [0.1, 0.15) is 0 Å². The molecule has 3 amide bonds. The molecule has 0 aromatic heterocycles. The van der Waals surface area contributed by atoms with Crippen LogP contribution >= 0.6 is 0 Å². The molecule has 0 saturated heterocycles. The summed E-state index contributed by atoms with van der Waals surface area (Å²) in [7, 11) is 0. The van der Waals surface area contributed by atoms with E-state index in [0.29, 0.717) is 11.4 Å². The number of aliphatic hydroxyl groups is 1. The molecular weight excluding hydrogens is 262 g/mol. The van der Waals surface area contributed by atoms with E-state index in [1.165, 1.54) is 13.8 Å². The Kier molecular flexibility index (Phi) is 5.67. The summed E-state index contributed by atoms with van der Waals surface area (Å²) in [6.45, 7) is 2.90. The van der Waals surface area contributed by atoms with E-state index in [2.05, 4.69) is 16.0 Å². The predicted molar refractivity (Wildman–Crippen MR) is 74.1 cm³/mol. The van der Waals surface area contributed by atoms with Crippen LogP contribution in [-0.4, -0.2) is 35.5 Å². The molecule has 0 aliphatic heterocycles. The van der Waals surface area contributed by atoms with Crippen molar-refractivity contribution >= 4 is 29.1 Å². The minimum Gasteiger partial charge on any atom is -0.392 e. The molecule has 0 fully saturated rings. The Labute approximate surface area is 116 Å². The number of hydrogen-bond acceptors (Lipinski definition) is 4. The molecule has 7 heteroatoms. The van der Waals surface area contributed by atoms with E-state index in [-0.39, 0.29) is 12.5 Å². The number of benzene rings is 1. The first-order valence-electron chi connectivity index (χ1n) is 6.03. The Balaban J connectivity index is 2.53. The van der Waals surface area contributed by atoms with Crippen LogP contribution in [0.3, 0.4) is 0 Å². The summed E-state index contributed by atoms with van der Waals surface area (Å²) >= 11 is 0. The van der Waals surface area contributed by atoms with Gasteiger partial charge >= 0.3 is 11.8 Å². The van der Waals surface area contributed by atoms with Crippen molar-refractivity contribution < 1.29 is 19.5 Å². The lowest BCUT2D eigenvalue weighted by Gasteiger charge is -2.08. The van der Waals surface area contributed by atoms with Crippen LogP contribution in [0.5, 0.6) is 0 Å². The van der Waals surface area contributed by atoms with Gasteiger partial charge in [0.05, 0.1) is 6.10 Å². The van der Waals surface area contributed by atoms with Crippen LogP contribution in [-0.2, 0) is 14.4 Å². The van der Waals surface area contributed by atoms with Crippen molar-refractivity contribution in [1.82, 2.24) is 5.32 Å². The maximum absolute atomic E-state index is 11.5. The van der Waals surface area contributed by atoms with E-state index in [1.54, 1.807) is 24.3 Å². The smallest absolute Gasteiger partial charge is 0.313 e. The van der Waals surface area contributed by atoms with Crippen molar-refractivity contribution in [1.29, 1.82) is 0 Å². The number of carbonyl (C=O) groups excluding carboxylic acids is 3. The Morgan fingerprint density at radius 2 is 1.55 bits per heavy atom. The molecule has 20 heavy (non-hydrogen) atoms. The summed E-state index contributed by atoms with van der Waals surface area (Å²) in [6, 6.07) is 6.33. The lowest BCUT2D eigenvalue weighted by atomic mass is 10.2. The van der Waals surface area contributed by atoms with Crippen LogP contribution in [0.15, 0.2) is 24.3 Å². The second-order valence-corrected chi connectivity index (χ2v) is 4.27. The van der Waals surface area contributed by atoms with Gasteiger partial charge in [0.2, 0.25) is 5.91 Å². The highest BCUT2D eigenvalue weighted by atomic mass is 16.3. The van der Waals surface area contributed by atoms with Crippen LogP contribution < -0.4 is 16.0 Å². The Bertz CT molecular complexity index is 497. The Morgan fingerprint density at radius 1 is 1.05 bits per heavy atom. The molecule has 0 bridgehead atoms. The summed E-state index contributed by atoms with van der Waals surface area (Å²) in [5.41, 5.74) is 1.02. The number of anilines is 2. The SMILES string of the molecule is CC(=O)Nc1ccc(NC(=O)C(=O)NCC(C)O)cc1. The quantitative estimate of drug-likeness (QED) is 0.585. The largest absolute Gasteiger partial charge is 0.392 e. The zero-order valence-electron chi connectivity index (χ0n) is 11.3. The highest BCUT2D eigenvalue weighted by molar-refractivity contribution is 6.39. The molecule has 0 spiro atoms. The first-order valence-corrected chi connectivity index (χ1v) is 6.03. The maximum Gasteiger partial charge on any atom is 0.313 e. The van der Waals surface area contributed by atoms with Crippen LogP contribution in [0.4, 0.5) is 11.4 Å². The highest BCUT2D eigenvalue weighted by Crippen LogP contribution is 2.13. The molecule has 0 heterocycles. The third kappa shape index (κ3) is 5.49. The van der Waals surface area contributed by atoms with E-state index in [9.17, 15) is 14.4 Å². The van der Waals surface area contributed by atoms with Crippen molar-refractivity contribution in [2.75, 3.05) is 17.2 Å². The minimum absolute atomic E-state index is 0.00766. The van der Waals surface area contributed by atoms with Crippen molar-refractivity contribution in [2.24, 2.45) is 0 Å². The highest BCUT2D eigenvalue weighted by Gasteiger charge is 2.13. The topological polar surface area (TPSA) is 108 Å². The second kappa shape index (κ2) is 7.25. The van der Waals surface area contributed by atoms with Crippen molar-refractivity contribution in [3.63, 3.8) is 0 Å². The zero-order chi connectivity index (χ0) is 15.1. The minimum atomic E-state index is -0.822. The van der Waals surface area contributed by atoms with Crippen LogP contribution in [0.2, 0.25) is 0 Å². The standard InChI is InChI=1S/C13H17N3O4/c1-8(17)7-14-12(19)13(20)16-11-5-3-10(4-6-11)15-9(2)18/h3-6,8,17H,7H2,1-2H3,(H,14,19)(H,15,18)(H,16,20). The molecule has 1 aromatic rings. The molecule has 1 unspecified atom stereocenters. The van der Waals surface area contributed by atoms with Crippen molar-refractivity contribution in [3.8, 4) is 0 Å². The molecule has 4 N–H and O–H groups in total. The fourth-order valence-electron chi connectivity index (χ4n) is 1.35. The van der Waals surface area contributed by atoms with E-state index < -0.39 is 17.9 Å². The van der Waals surface area contributed by atoms with E-state index in [0.717, 1.165) is 0 Å². The van der Waals surface area contributed by atoms with Crippen molar-refractivity contribution in [2.45, 2.75) is 20.0 Å². The van der Waals surface area contributed by atoms with Gasteiger partial charge in [-0.1, -0.05) is 0 Å². The van der Waals surface area contributed by atoms with Gasteiger partial charge < -0.3 is 21.1 Å². The van der Waals surface area contributed by atoms with E-state index >= 15 is 0 Å². The monoisotopic (exact) mass is 279 g/mol. The second-order valence-electron chi connectivity index (χ2n) is 4.27. The van der Waals surface area contributed by atoms with Gasteiger partial charge in [-0.05, 0) is 31.2 Å². The summed E-state index contributed by atoms with van der Waals surface area (Å²) in [6.07, 6.45) is -0.719. The fourth-order valence-corrected chi connectivity index (χ4v) is 1.35. The van der Waals surface area contributed by atoms with E-state index in [1.807, 2.05) is 0 Å². The lowest BCUT2D eigenvalue weighted by molar-refractivity contribution is -0.136. The van der Waals surface area contributed by atoms with Gasteiger partial charge in [-0.2, -0.15) is 0 Å². The number of carbonyl (C=O) groups is 3. The molecule has 1 rings (SSSR count). The normalized spacial score (nSPS) is 11.3. The average molecular weight is 279 g/mol. The van der Waals surface area contributed by atoms with Gasteiger partial charge in [0, 0.05) is 24.8 Å². The summed E-state index contributed by atoms with van der Waals surface area (Å²) in [5.74, 6) is -1.84. The molecule has 1 aromatic carbocycles. The maximum atomic E-state index is 11.5. The summed E-state index contributed by atoms with van der Waals surface area (Å²) < 4.78 is 0. The van der Waals surface area contributed by atoms with Gasteiger partial charge in [-0.15, -0.1) is 0 Å². The molecule has 1 atom stereocenters. The average Bonchev–Trinajstić information content (AvgIpc) is 2.37. The van der Waals surface area contributed by atoms with Crippen LogP contribution in [0, 0.1) is 0 Å². The third-order valence-electron chi connectivity index (χ3n) is 2.23. The van der Waals surface area contributed by atoms with Gasteiger partial charge in [-0.25, -0.2) is 0 Å². The number of hydrogen-bond donors (Lipinski definition) is 4. The van der Waals surface area contributed by atoms with Crippen LogP contribution in [0.25, 0.3) is 0 Å². The number of rotatable bonds is 4. The first kappa shape index (κ1) is 15.6. The Morgan fingerprint density at radius 3 is 2.00 bits per heavy atom. The molecule has 0 aliphatic rings. The zero-order valence-corrected chi connectivity index (χ0v) is 11.3. The van der Waals surface area contributed by atoms with Crippen LogP contribution in [0.1, 0.15) is 13.8 Å². The number of nitrogens with one attached hydrogen (secondary N) is 3. The molecule has 0 radical (unpaired) electrons. The van der Waals surface area contributed by atoms with Crippen molar-refractivity contribution in [3.05, 3.63) is 24.3 Å². The Hall–Kier alpha value is -2.41. The molecule has 0 saturated carbocycles. The third-order valence-corrected chi connectivity index (χ3v) is 2.23. The summed E-state index contributed by atoms with van der Waals surface area (Å²) in [5, 5.41) is 16.3. The molecule has 0 aliphatic carbocycles. The van der Waals surface area contributed by atoms with Gasteiger partial charge in [0.25, 0.3) is 0 Å². The predicted octanol–water partition coefficient (Wildman–Crippen LogP) is 0.0805. The molecule has 7 nitrogen and oxygen atoms in total. The number of aliphatic hydroxyl groups excluding tert-OH is 1. The van der Waals surface area contributed by atoms with E-state index in [4.69, 9.17) is 5.11 Å². The lowest BCUT2D eigenvalue weighted by Crippen LogP contribution is -2.38. The first-order chi connectivity index (χ1) is 9.38. The summed E-state index contributed by atoms with van der Waals surface area (Å²) in [4.78, 5) is 33.7. The van der Waals surface area contributed by atoms with Gasteiger partial charge in [0.15, 0.2) is 0 Å². The van der Waals surface area contributed by atoms with Gasteiger partial charge in [-0.3, -0.25) is 14.4 Å².